The van der Waals surface area contributed by atoms with E-state index in [1.54, 1.807) is 0 Å². The van der Waals surface area contributed by atoms with Crippen LogP contribution < -0.4 is 10.6 Å². The van der Waals surface area contributed by atoms with Crippen molar-refractivity contribution in [3.8, 4) is 0 Å². The molecular weight excluding hydrogens is 569 g/mol. The molecule has 222 valence electrons. The summed E-state index contributed by atoms with van der Waals surface area (Å²) in [6.07, 6.45) is 0. The van der Waals surface area contributed by atoms with Crippen LogP contribution in [0.2, 0.25) is 0 Å². The summed E-state index contributed by atoms with van der Waals surface area (Å²) in [5.74, 6) is -3.65. The zero-order valence-corrected chi connectivity index (χ0v) is 26.7. The Kier molecular flexibility index (Phi) is 16.0. The second kappa shape index (κ2) is 17.7. The molecule has 4 fully saturated rings. The van der Waals surface area contributed by atoms with Gasteiger partial charge in [0.25, 0.3) is 0 Å². The van der Waals surface area contributed by atoms with Crippen LogP contribution in [-0.2, 0) is 9.59 Å². The van der Waals surface area contributed by atoms with E-state index in [4.69, 9.17) is 19.8 Å². The molecule has 4 N–H and O–H groups in total. The van der Waals surface area contributed by atoms with Crippen molar-refractivity contribution in [1.29, 1.82) is 0 Å². The average molecular weight is 615 g/mol. The zero-order valence-electron chi connectivity index (χ0n) is 23.4. The Bertz CT molecular complexity index is 655. The molecule has 4 aliphatic heterocycles. The molecule has 0 aromatic rings. The monoisotopic (exact) mass is 614 g/mol. The van der Waals surface area contributed by atoms with Crippen LogP contribution in [0.25, 0.3) is 0 Å². The fourth-order valence-corrected chi connectivity index (χ4v) is 10.0. The number of carboxylic acid groups (broad SMARTS) is 2. The third-order valence-corrected chi connectivity index (χ3v) is 12.3. The van der Waals surface area contributed by atoms with E-state index in [-0.39, 0.29) is 0 Å². The molecule has 4 atom stereocenters. The van der Waals surface area contributed by atoms with Crippen molar-refractivity contribution in [1.82, 2.24) is 40.0 Å². The Morgan fingerprint density at radius 3 is 1.18 bits per heavy atom. The summed E-state index contributed by atoms with van der Waals surface area (Å²) in [6.45, 7) is 16.5. The van der Waals surface area contributed by atoms with Crippen LogP contribution in [-0.4, -0.2) is 167 Å². The second-order valence-electron chi connectivity index (χ2n) is 9.61. The van der Waals surface area contributed by atoms with Crippen LogP contribution in [0.3, 0.4) is 0 Å². The van der Waals surface area contributed by atoms with Gasteiger partial charge in [0, 0.05) is 52.4 Å². The predicted molar refractivity (Wildman–Crippen MR) is 162 cm³/mol. The largest absolute Gasteiger partial charge is 0.473 e. The van der Waals surface area contributed by atoms with Crippen molar-refractivity contribution < 1.29 is 19.8 Å². The number of rotatable bonds is 6. The normalized spacial score (nSPS) is 29.6. The number of nitrogens with zero attached hydrogens (tertiary/aromatic N) is 6. The first-order valence-electron chi connectivity index (χ1n) is 12.9. The van der Waals surface area contributed by atoms with Gasteiger partial charge in [-0.05, 0) is 41.3 Å². The summed E-state index contributed by atoms with van der Waals surface area (Å²) in [5.41, 5.74) is 1.91. The molecule has 0 aromatic carbocycles. The van der Waals surface area contributed by atoms with Gasteiger partial charge in [0.1, 0.15) is 22.0 Å². The zero-order chi connectivity index (χ0) is 28.2. The molecule has 38 heavy (non-hydrogen) atoms. The first-order chi connectivity index (χ1) is 18.0. The predicted octanol–water partition coefficient (Wildman–Crippen LogP) is 0.630. The van der Waals surface area contributed by atoms with Crippen LogP contribution in [0.4, 0.5) is 0 Å². The molecule has 4 unspecified atom stereocenters. The topological polar surface area (TPSA) is 118 Å². The number of nitrogens with one attached hydrogen (secondary N) is 2. The summed E-state index contributed by atoms with van der Waals surface area (Å²) in [4.78, 5) is 32.8. The van der Waals surface area contributed by atoms with Crippen molar-refractivity contribution in [2.45, 2.75) is 35.8 Å². The second-order valence-corrected chi connectivity index (χ2v) is 14.5. The molecule has 0 spiro atoms. The molecular formula is C22H46N8O4S4. The van der Waals surface area contributed by atoms with Gasteiger partial charge in [-0.3, -0.25) is 30.2 Å². The van der Waals surface area contributed by atoms with Gasteiger partial charge in [-0.2, -0.15) is 0 Å². The molecule has 0 amide bonds. The van der Waals surface area contributed by atoms with Gasteiger partial charge in [-0.1, -0.05) is 57.0 Å². The van der Waals surface area contributed by atoms with E-state index in [1.165, 1.54) is 65.4 Å². The van der Waals surface area contributed by atoms with Gasteiger partial charge in [0.2, 0.25) is 0 Å². The number of carboxylic acids is 2. The summed E-state index contributed by atoms with van der Waals surface area (Å²) in [6, 6.07) is 0. The van der Waals surface area contributed by atoms with Crippen molar-refractivity contribution in [3.05, 3.63) is 0 Å². The maximum atomic E-state index is 9.10. The quantitative estimate of drug-likeness (QED) is 0.247. The van der Waals surface area contributed by atoms with E-state index in [1.807, 2.05) is 43.2 Å². The van der Waals surface area contributed by atoms with Gasteiger partial charge in [-0.25, -0.2) is 9.59 Å². The maximum absolute atomic E-state index is 9.10. The molecule has 12 nitrogen and oxygen atoms in total. The highest BCUT2D eigenvalue weighted by atomic mass is 33.1. The highest BCUT2D eigenvalue weighted by Gasteiger charge is 2.33. The van der Waals surface area contributed by atoms with Gasteiger partial charge in [-0.15, -0.1) is 0 Å². The SMILES string of the molecule is CCN1CCN(C2NC(N(C)C)SS2)CC1.CCN1CCN(C2NC(N(C)C)SS2)CC1.O=C(O)C(=O)O. The summed E-state index contributed by atoms with van der Waals surface area (Å²) >= 11 is 0. The summed E-state index contributed by atoms with van der Waals surface area (Å²) in [7, 11) is 16.3. The lowest BCUT2D eigenvalue weighted by atomic mass is 10.3. The Morgan fingerprint density at radius 2 is 0.974 bits per heavy atom. The number of hydrogen-bond donors (Lipinski definition) is 4. The summed E-state index contributed by atoms with van der Waals surface area (Å²) in [5, 5.41) is 22.1. The highest BCUT2D eigenvalue weighted by Crippen LogP contribution is 2.39. The van der Waals surface area contributed by atoms with Crippen molar-refractivity contribution in [3.63, 3.8) is 0 Å². The smallest absolute Gasteiger partial charge is 0.414 e. The number of likely N-dealkylation sites (N-methyl/N-ethyl adjacent to an activating group) is 2. The molecule has 0 aliphatic carbocycles. The molecule has 0 bridgehead atoms. The lowest BCUT2D eigenvalue weighted by molar-refractivity contribution is -0.159. The van der Waals surface area contributed by atoms with E-state index in [9.17, 15) is 0 Å². The number of carbonyl (C=O) groups is 2. The standard InChI is InChI=1S/2C10H22N4S2.C2H2O4/c2*1-4-13-5-7-14(8-6-13)10-11-9(12(2)3)15-16-10;3-1(4)2(5)6/h2*9-11H,4-8H2,1-3H3;(H,3,4)(H,5,6). The third kappa shape index (κ3) is 11.5. The van der Waals surface area contributed by atoms with E-state index in [2.05, 4.69) is 82.1 Å². The Labute approximate surface area is 243 Å². The number of piperazine rings is 2. The van der Waals surface area contributed by atoms with Gasteiger partial charge in [0.05, 0.1) is 0 Å². The molecule has 0 saturated carbocycles. The number of aliphatic carboxylic acids is 2. The maximum Gasteiger partial charge on any atom is 0.414 e. The Morgan fingerprint density at radius 1 is 0.658 bits per heavy atom. The fraction of sp³-hybridized carbons (Fsp3) is 0.909. The summed E-state index contributed by atoms with van der Waals surface area (Å²) < 4.78 is 0. The fourth-order valence-electron chi connectivity index (χ4n) is 4.00. The lowest BCUT2D eigenvalue weighted by Gasteiger charge is -2.37. The minimum Gasteiger partial charge on any atom is -0.473 e. The van der Waals surface area contributed by atoms with Crippen LogP contribution in [0, 0.1) is 0 Å². The van der Waals surface area contributed by atoms with Crippen molar-refractivity contribution in [2.75, 3.05) is 93.6 Å². The van der Waals surface area contributed by atoms with Gasteiger partial charge in [0.15, 0.2) is 0 Å². The van der Waals surface area contributed by atoms with Gasteiger partial charge >= 0.3 is 11.9 Å². The molecule has 0 aromatic heterocycles. The first-order valence-corrected chi connectivity index (χ1v) is 17.5. The molecule has 16 heteroatoms. The third-order valence-electron chi connectivity index (χ3n) is 6.54. The molecule has 4 saturated heterocycles. The lowest BCUT2D eigenvalue weighted by Crippen LogP contribution is -2.54. The highest BCUT2D eigenvalue weighted by molar-refractivity contribution is 8.77. The van der Waals surface area contributed by atoms with E-state index in [0.717, 1.165) is 0 Å². The minimum atomic E-state index is -1.82. The van der Waals surface area contributed by atoms with Crippen LogP contribution in [0.5, 0.6) is 0 Å². The van der Waals surface area contributed by atoms with E-state index in [0.29, 0.717) is 22.0 Å². The van der Waals surface area contributed by atoms with Crippen molar-refractivity contribution >= 4 is 55.1 Å². The number of hydrogen-bond acceptors (Lipinski definition) is 14. The van der Waals surface area contributed by atoms with Crippen molar-refractivity contribution in [2.24, 2.45) is 0 Å². The van der Waals surface area contributed by atoms with Gasteiger partial charge < -0.3 is 20.0 Å². The Balaban J connectivity index is 0.000000221. The minimum absolute atomic E-state index is 0.458. The molecule has 4 heterocycles. The van der Waals surface area contributed by atoms with Crippen LogP contribution in [0.15, 0.2) is 0 Å². The molecule has 0 radical (unpaired) electrons. The first kappa shape index (κ1) is 34.2. The van der Waals surface area contributed by atoms with Crippen LogP contribution >= 0.6 is 43.2 Å². The van der Waals surface area contributed by atoms with E-state index >= 15 is 0 Å². The van der Waals surface area contributed by atoms with E-state index < -0.39 is 11.9 Å². The molecule has 4 aliphatic rings. The Hall–Kier alpha value is 0.0200. The average Bonchev–Trinajstić information content (AvgIpc) is 3.60. The van der Waals surface area contributed by atoms with Crippen LogP contribution in [0.1, 0.15) is 13.8 Å². The molecule has 4 rings (SSSR count).